The number of thiophene rings is 1. The standard InChI is InChI=1S/C32H29N3OS2/c1-22-12-14-25(15-13-22)29-18-27(30-11-6-16-37-30)33-35(29)32(36)21-38-31-20-34(28-10-4-3-9-26(28)31)19-24-8-5-7-23(2)17-24/h3-17,20,29H,18-19,21H2,1-2H3/t29-/m0/s1. The number of benzene rings is 3. The van der Waals surface area contributed by atoms with Crippen LogP contribution in [-0.2, 0) is 11.3 Å². The van der Waals surface area contributed by atoms with Crippen LogP contribution in [0.3, 0.4) is 0 Å². The van der Waals surface area contributed by atoms with Crippen molar-refractivity contribution in [3.8, 4) is 0 Å². The molecule has 6 rings (SSSR count). The van der Waals surface area contributed by atoms with E-state index in [4.69, 9.17) is 5.10 Å². The van der Waals surface area contributed by atoms with Gasteiger partial charge in [-0.3, -0.25) is 4.79 Å². The van der Waals surface area contributed by atoms with E-state index in [0.29, 0.717) is 5.75 Å². The number of amides is 1. The summed E-state index contributed by atoms with van der Waals surface area (Å²) in [6, 6.07) is 29.6. The van der Waals surface area contributed by atoms with Gasteiger partial charge in [0.1, 0.15) is 0 Å². The van der Waals surface area contributed by atoms with Gasteiger partial charge in [0.05, 0.1) is 22.4 Å². The normalized spacial score (nSPS) is 15.3. The first-order chi connectivity index (χ1) is 18.5. The fraction of sp³-hybridized carbons (Fsp3) is 0.188. The largest absolute Gasteiger partial charge is 0.342 e. The highest BCUT2D eigenvalue weighted by Gasteiger charge is 2.33. The molecule has 0 bridgehead atoms. The summed E-state index contributed by atoms with van der Waals surface area (Å²) in [6.45, 7) is 5.01. The van der Waals surface area contributed by atoms with Crippen molar-refractivity contribution >= 4 is 45.6 Å². The zero-order valence-corrected chi connectivity index (χ0v) is 23.1. The summed E-state index contributed by atoms with van der Waals surface area (Å²) in [5, 5.41) is 9.81. The maximum absolute atomic E-state index is 13.7. The second-order valence-electron chi connectivity index (χ2n) is 9.81. The van der Waals surface area contributed by atoms with Crippen LogP contribution in [0.4, 0.5) is 0 Å². The molecule has 1 amide bonds. The van der Waals surface area contributed by atoms with Crippen LogP contribution in [0.2, 0.25) is 0 Å². The summed E-state index contributed by atoms with van der Waals surface area (Å²) in [5.41, 5.74) is 7.03. The summed E-state index contributed by atoms with van der Waals surface area (Å²) in [7, 11) is 0. The smallest absolute Gasteiger partial charge is 0.253 e. The molecule has 0 N–H and O–H groups in total. The Hall–Kier alpha value is -3.61. The van der Waals surface area contributed by atoms with Crippen molar-refractivity contribution in [2.45, 2.75) is 37.8 Å². The number of carbonyl (C=O) groups is 1. The lowest BCUT2D eigenvalue weighted by Gasteiger charge is -2.22. The predicted molar refractivity (Wildman–Crippen MR) is 159 cm³/mol. The van der Waals surface area contributed by atoms with E-state index in [1.54, 1.807) is 28.1 Å². The Balaban J connectivity index is 1.25. The molecule has 38 heavy (non-hydrogen) atoms. The molecule has 0 saturated heterocycles. The average Bonchev–Trinajstić information content (AvgIpc) is 3.67. The quantitative estimate of drug-likeness (QED) is 0.199. The van der Waals surface area contributed by atoms with Crippen molar-refractivity contribution in [1.82, 2.24) is 9.58 Å². The number of nitrogens with zero attached hydrogens (tertiary/aromatic N) is 3. The third-order valence-electron chi connectivity index (χ3n) is 6.97. The first-order valence-corrected chi connectivity index (χ1v) is 14.7. The Morgan fingerprint density at radius 1 is 0.974 bits per heavy atom. The number of aryl methyl sites for hydroxylation is 2. The van der Waals surface area contributed by atoms with Gasteiger partial charge >= 0.3 is 0 Å². The van der Waals surface area contributed by atoms with Crippen LogP contribution in [-0.4, -0.2) is 26.9 Å². The summed E-state index contributed by atoms with van der Waals surface area (Å²) >= 11 is 3.27. The van der Waals surface area contributed by atoms with Gasteiger partial charge in [-0.05, 0) is 42.5 Å². The molecule has 0 unspecified atom stereocenters. The number of hydrogen-bond donors (Lipinski definition) is 0. The molecule has 0 spiro atoms. The van der Waals surface area contributed by atoms with Gasteiger partial charge in [-0.2, -0.15) is 5.10 Å². The van der Waals surface area contributed by atoms with E-state index >= 15 is 0 Å². The number of fused-ring (bicyclic) bond motifs is 1. The fourth-order valence-electron chi connectivity index (χ4n) is 5.05. The van der Waals surface area contributed by atoms with Crippen LogP contribution in [0.1, 0.15) is 39.6 Å². The molecule has 4 nitrogen and oxygen atoms in total. The summed E-state index contributed by atoms with van der Waals surface area (Å²) in [5.74, 6) is 0.366. The molecule has 0 fully saturated rings. The number of rotatable bonds is 7. The average molecular weight is 536 g/mol. The van der Waals surface area contributed by atoms with E-state index in [2.05, 4.69) is 109 Å². The third kappa shape index (κ3) is 5.06. The highest BCUT2D eigenvalue weighted by molar-refractivity contribution is 8.00. The van der Waals surface area contributed by atoms with Crippen molar-refractivity contribution in [2.24, 2.45) is 5.10 Å². The minimum Gasteiger partial charge on any atom is -0.342 e. The van der Waals surface area contributed by atoms with Crippen LogP contribution >= 0.6 is 23.1 Å². The Morgan fingerprint density at radius 3 is 2.61 bits per heavy atom. The number of thioether (sulfide) groups is 1. The Labute approximate surface area is 231 Å². The van der Waals surface area contributed by atoms with Gasteiger partial charge in [0.2, 0.25) is 0 Å². The fourth-order valence-corrected chi connectivity index (χ4v) is 6.71. The van der Waals surface area contributed by atoms with Crippen molar-refractivity contribution in [3.05, 3.63) is 124 Å². The molecule has 0 saturated carbocycles. The van der Waals surface area contributed by atoms with Gasteiger partial charge in [-0.15, -0.1) is 23.1 Å². The molecule has 0 aliphatic carbocycles. The van der Waals surface area contributed by atoms with E-state index in [9.17, 15) is 4.79 Å². The molecule has 190 valence electrons. The van der Waals surface area contributed by atoms with Crippen LogP contribution in [0, 0.1) is 13.8 Å². The van der Waals surface area contributed by atoms with Crippen LogP contribution in [0.5, 0.6) is 0 Å². The number of hydrogen-bond acceptors (Lipinski definition) is 4. The highest BCUT2D eigenvalue weighted by atomic mass is 32.2. The van der Waals surface area contributed by atoms with Crippen molar-refractivity contribution < 1.29 is 4.79 Å². The molecule has 2 aromatic heterocycles. The van der Waals surface area contributed by atoms with Crippen molar-refractivity contribution in [3.63, 3.8) is 0 Å². The number of carbonyl (C=O) groups excluding carboxylic acids is 1. The second-order valence-corrected chi connectivity index (χ2v) is 11.8. The van der Waals surface area contributed by atoms with E-state index in [0.717, 1.165) is 34.0 Å². The Kier molecular flexibility index (Phi) is 6.92. The van der Waals surface area contributed by atoms with Gasteiger partial charge in [0, 0.05) is 35.0 Å². The van der Waals surface area contributed by atoms with E-state index in [1.165, 1.54) is 27.6 Å². The lowest BCUT2D eigenvalue weighted by atomic mass is 10.00. The van der Waals surface area contributed by atoms with E-state index in [-0.39, 0.29) is 11.9 Å². The lowest BCUT2D eigenvalue weighted by molar-refractivity contribution is -0.130. The van der Waals surface area contributed by atoms with Crippen LogP contribution in [0.15, 0.2) is 107 Å². The van der Waals surface area contributed by atoms with Gasteiger partial charge in [-0.25, -0.2) is 5.01 Å². The first kappa shape index (κ1) is 24.7. The van der Waals surface area contributed by atoms with Crippen molar-refractivity contribution in [2.75, 3.05) is 5.75 Å². The summed E-state index contributed by atoms with van der Waals surface area (Å²) in [6.07, 6.45) is 2.92. The maximum atomic E-state index is 13.7. The minimum absolute atomic E-state index is 0.0302. The lowest BCUT2D eigenvalue weighted by Crippen LogP contribution is -2.28. The molecule has 6 heteroatoms. The summed E-state index contributed by atoms with van der Waals surface area (Å²) < 4.78 is 2.29. The topological polar surface area (TPSA) is 37.6 Å². The van der Waals surface area contributed by atoms with Gasteiger partial charge in [-0.1, -0.05) is 83.9 Å². The molecule has 1 atom stereocenters. The van der Waals surface area contributed by atoms with Gasteiger partial charge < -0.3 is 4.57 Å². The Bertz CT molecular complexity index is 1620. The molecular formula is C32H29N3OS2. The van der Waals surface area contributed by atoms with Gasteiger partial charge in [0.15, 0.2) is 0 Å². The number of para-hydroxylation sites is 1. The molecule has 5 aromatic rings. The number of hydrazone groups is 1. The van der Waals surface area contributed by atoms with Crippen molar-refractivity contribution in [1.29, 1.82) is 0 Å². The monoisotopic (exact) mass is 535 g/mol. The molecule has 0 radical (unpaired) electrons. The molecule has 3 heterocycles. The highest BCUT2D eigenvalue weighted by Crippen LogP contribution is 2.36. The molecule has 1 aliphatic rings. The zero-order chi connectivity index (χ0) is 26.1. The third-order valence-corrected chi connectivity index (χ3v) is 8.92. The second kappa shape index (κ2) is 10.6. The molecule has 3 aromatic carbocycles. The van der Waals surface area contributed by atoms with Crippen LogP contribution in [0.25, 0.3) is 10.9 Å². The Morgan fingerprint density at radius 2 is 1.82 bits per heavy atom. The molecular weight excluding hydrogens is 507 g/mol. The number of aromatic nitrogens is 1. The predicted octanol–water partition coefficient (Wildman–Crippen LogP) is 7.84. The van der Waals surface area contributed by atoms with E-state index < -0.39 is 0 Å². The van der Waals surface area contributed by atoms with Gasteiger partial charge in [0.25, 0.3) is 5.91 Å². The minimum atomic E-state index is -0.0801. The zero-order valence-electron chi connectivity index (χ0n) is 21.5. The van der Waals surface area contributed by atoms with E-state index in [1.807, 2.05) is 6.07 Å². The SMILES string of the molecule is Cc1ccc([C@@H]2CC(c3cccs3)=NN2C(=O)CSc2cn(Cc3cccc(C)c3)c3ccccc23)cc1. The first-order valence-electron chi connectivity index (χ1n) is 12.8. The summed E-state index contributed by atoms with van der Waals surface area (Å²) in [4.78, 5) is 15.9. The maximum Gasteiger partial charge on any atom is 0.253 e. The molecule has 1 aliphatic heterocycles. The van der Waals surface area contributed by atoms with Crippen LogP contribution < -0.4 is 0 Å².